The van der Waals surface area contributed by atoms with Gasteiger partial charge in [0.05, 0.1) is 12.6 Å². The molecule has 1 saturated carbocycles. The van der Waals surface area contributed by atoms with Gasteiger partial charge in [-0.2, -0.15) is 0 Å². The number of hydrogen-bond donors (Lipinski definition) is 2. The highest BCUT2D eigenvalue weighted by molar-refractivity contribution is 5.32. The highest BCUT2D eigenvalue weighted by atomic mass is 16.5. The van der Waals surface area contributed by atoms with Gasteiger partial charge >= 0.3 is 0 Å². The Kier molecular flexibility index (Phi) is 5.65. The van der Waals surface area contributed by atoms with Crippen molar-refractivity contribution >= 4 is 0 Å². The molecule has 1 fully saturated rings. The van der Waals surface area contributed by atoms with Crippen molar-refractivity contribution in [3.8, 4) is 5.75 Å². The minimum atomic E-state index is 0.211. The maximum absolute atomic E-state index is 5.98. The predicted octanol–water partition coefficient (Wildman–Crippen LogP) is 4.20. The van der Waals surface area contributed by atoms with Crippen LogP contribution in [0.5, 0.6) is 5.75 Å². The average molecular weight is 290 g/mol. The van der Waals surface area contributed by atoms with E-state index in [9.17, 15) is 0 Å². The highest BCUT2D eigenvalue weighted by Crippen LogP contribution is 2.51. The Bertz CT molecular complexity index is 439. The van der Waals surface area contributed by atoms with Gasteiger partial charge in [-0.1, -0.05) is 38.8 Å². The summed E-state index contributed by atoms with van der Waals surface area (Å²) in [7, 11) is 0. The Labute approximate surface area is 129 Å². The molecular weight excluding hydrogens is 260 g/mol. The zero-order chi connectivity index (χ0) is 15.3. The van der Waals surface area contributed by atoms with E-state index in [-0.39, 0.29) is 11.5 Å². The third-order valence-electron chi connectivity index (χ3n) is 4.70. The predicted molar refractivity (Wildman–Crippen MR) is 88.0 cm³/mol. The first-order valence-corrected chi connectivity index (χ1v) is 8.30. The minimum absolute atomic E-state index is 0.211. The Morgan fingerprint density at radius 3 is 2.57 bits per heavy atom. The summed E-state index contributed by atoms with van der Waals surface area (Å²) < 4.78 is 5.65. The van der Waals surface area contributed by atoms with E-state index in [4.69, 9.17) is 10.6 Å². The van der Waals surface area contributed by atoms with E-state index < -0.39 is 0 Å². The first-order chi connectivity index (χ1) is 10.1. The van der Waals surface area contributed by atoms with E-state index in [2.05, 4.69) is 37.5 Å². The lowest BCUT2D eigenvalue weighted by atomic mass is 9.70. The molecule has 118 valence electrons. The highest BCUT2D eigenvalue weighted by Gasteiger charge is 2.41. The third-order valence-corrected chi connectivity index (χ3v) is 4.70. The van der Waals surface area contributed by atoms with Gasteiger partial charge in [0.15, 0.2) is 0 Å². The lowest BCUT2D eigenvalue weighted by Gasteiger charge is -2.39. The van der Waals surface area contributed by atoms with Crippen molar-refractivity contribution in [2.24, 2.45) is 17.2 Å². The van der Waals surface area contributed by atoms with Gasteiger partial charge in [-0.15, -0.1) is 0 Å². The van der Waals surface area contributed by atoms with Gasteiger partial charge in [0.25, 0.3) is 0 Å². The van der Waals surface area contributed by atoms with Crippen molar-refractivity contribution in [1.29, 1.82) is 0 Å². The second-order valence-corrected chi connectivity index (χ2v) is 6.77. The minimum Gasteiger partial charge on any atom is -0.494 e. The molecule has 2 rings (SSSR count). The van der Waals surface area contributed by atoms with Gasteiger partial charge < -0.3 is 4.74 Å². The summed E-state index contributed by atoms with van der Waals surface area (Å²) in [5, 5.41) is 0. The summed E-state index contributed by atoms with van der Waals surface area (Å²) in [5.41, 5.74) is 4.66. The first kappa shape index (κ1) is 16.3. The van der Waals surface area contributed by atoms with E-state index in [1.54, 1.807) is 0 Å². The molecule has 0 bridgehead atoms. The molecule has 1 unspecified atom stereocenters. The van der Waals surface area contributed by atoms with E-state index in [0.29, 0.717) is 12.5 Å². The molecule has 0 amide bonds. The quantitative estimate of drug-likeness (QED) is 0.584. The molecule has 0 aliphatic heterocycles. The van der Waals surface area contributed by atoms with Crippen LogP contribution in [0.3, 0.4) is 0 Å². The topological polar surface area (TPSA) is 47.3 Å². The Morgan fingerprint density at radius 1 is 1.29 bits per heavy atom. The maximum atomic E-state index is 5.98. The Balaban J connectivity index is 2.29. The smallest absolute Gasteiger partial charge is 0.119 e. The van der Waals surface area contributed by atoms with Gasteiger partial charge in [0.2, 0.25) is 0 Å². The molecule has 3 heteroatoms. The van der Waals surface area contributed by atoms with E-state index >= 15 is 0 Å². The van der Waals surface area contributed by atoms with E-state index in [1.807, 2.05) is 13.0 Å². The fourth-order valence-corrected chi connectivity index (χ4v) is 4.08. The van der Waals surface area contributed by atoms with Crippen LogP contribution in [0.25, 0.3) is 0 Å². The van der Waals surface area contributed by atoms with Crippen molar-refractivity contribution in [2.75, 3.05) is 6.61 Å². The van der Waals surface area contributed by atoms with E-state index in [1.165, 1.54) is 37.7 Å². The summed E-state index contributed by atoms with van der Waals surface area (Å²) in [6, 6.07) is 8.62. The zero-order valence-corrected chi connectivity index (χ0v) is 13.7. The molecule has 1 aliphatic carbocycles. The van der Waals surface area contributed by atoms with Crippen LogP contribution in [0.4, 0.5) is 0 Å². The van der Waals surface area contributed by atoms with Crippen molar-refractivity contribution < 1.29 is 4.74 Å². The van der Waals surface area contributed by atoms with Crippen LogP contribution in [-0.2, 0) is 0 Å². The number of benzene rings is 1. The number of ether oxygens (including phenoxy) is 1. The molecular formula is C18H30N2O. The van der Waals surface area contributed by atoms with Crippen molar-refractivity contribution in [3.05, 3.63) is 29.8 Å². The molecule has 0 radical (unpaired) electrons. The number of hydrazine groups is 1. The number of rotatable bonds is 7. The molecule has 0 spiro atoms. The van der Waals surface area contributed by atoms with Crippen LogP contribution in [0.15, 0.2) is 24.3 Å². The van der Waals surface area contributed by atoms with Gasteiger partial charge in [-0.25, -0.2) is 0 Å². The van der Waals surface area contributed by atoms with Crippen molar-refractivity contribution in [1.82, 2.24) is 5.43 Å². The van der Waals surface area contributed by atoms with Gasteiger partial charge in [0.1, 0.15) is 5.75 Å². The molecule has 0 aromatic heterocycles. The Morgan fingerprint density at radius 2 is 2.00 bits per heavy atom. The van der Waals surface area contributed by atoms with Crippen LogP contribution in [0.1, 0.15) is 64.5 Å². The van der Waals surface area contributed by atoms with Gasteiger partial charge in [-0.3, -0.25) is 11.3 Å². The molecule has 1 aromatic carbocycles. The molecule has 1 aromatic rings. The summed E-state index contributed by atoms with van der Waals surface area (Å²) in [4.78, 5) is 0. The van der Waals surface area contributed by atoms with Crippen molar-refractivity contribution in [3.63, 3.8) is 0 Å². The molecule has 21 heavy (non-hydrogen) atoms. The molecule has 3 nitrogen and oxygen atoms in total. The van der Waals surface area contributed by atoms with Crippen LogP contribution in [0.2, 0.25) is 0 Å². The largest absolute Gasteiger partial charge is 0.494 e. The molecule has 0 saturated heterocycles. The summed E-state index contributed by atoms with van der Waals surface area (Å²) in [6.45, 7) is 7.33. The van der Waals surface area contributed by atoms with Gasteiger partial charge in [-0.05, 0) is 55.2 Å². The number of nitrogens with one attached hydrogen (secondary N) is 1. The number of hydrogen-bond acceptors (Lipinski definition) is 3. The van der Waals surface area contributed by atoms with Crippen LogP contribution < -0.4 is 16.0 Å². The van der Waals surface area contributed by atoms with Crippen LogP contribution >= 0.6 is 0 Å². The van der Waals surface area contributed by atoms with Crippen molar-refractivity contribution in [2.45, 2.75) is 58.9 Å². The fourth-order valence-electron chi connectivity index (χ4n) is 4.08. The fraction of sp³-hybridized carbons (Fsp3) is 0.667. The maximum Gasteiger partial charge on any atom is 0.119 e. The summed E-state index contributed by atoms with van der Waals surface area (Å²) in [5.74, 6) is 7.61. The first-order valence-electron chi connectivity index (χ1n) is 8.30. The lowest BCUT2D eigenvalue weighted by molar-refractivity contribution is 0.155. The standard InChI is InChI=1S/C18H30N2O/c1-4-21-16-9-7-8-15(12-16)17(20-19)18(13-14(2)3)10-5-6-11-18/h7-9,12,14,17,20H,4-6,10-11,13,19H2,1-3H3. The number of nitrogens with two attached hydrogens (primary N) is 1. The third kappa shape index (κ3) is 3.78. The average Bonchev–Trinajstić information content (AvgIpc) is 2.89. The zero-order valence-electron chi connectivity index (χ0n) is 13.7. The van der Waals surface area contributed by atoms with Crippen LogP contribution in [0, 0.1) is 11.3 Å². The molecule has 3 N–H and O–H groups in total. The normalized spacial score (nSPS) is 18.9. The summed E-state index contributed by atoms with van der Waals surface area (Å²) in [6.07, 6.45) is 6.38. The monoisotopic (exact) mass is 290 g/mol. The second-order valence-electron chi connectivity index (χ2n) is 6.77. The lowest BCUT2D eigenvalue weighted by Crippen LogP contribution is -2.41. The second kappa shape index (κ2) is 7.28. The van der Waals surface area contributed by atoms with E-state index in [0.717, 1.165) is 5.75 Å². The SMILES string of the molecule is CCOc1cccc(C(NN)C2(CC(C)C)CCCC2)c1. The molecule has 0 heterocycles. The molecule has 1 aliphatic rings. The van der Waals surface area contributed by atoms with Crippen LogP contribution in [-0.4, -0.2) is 6.61 Å². The molecule has 1 atom stereocenters. The van der Waals surface area contributed by atoms with Gasteiger partial charge in [0, 0.05) is 0 Å². The summed E-state index contributed by atoms with van der Waals surface area (Å²) >= 11 is 0. The Hall–Kier alpha value is -1.06.